The molecule has 2 N–H and O–H groups in total. The van der Waals surface area contributed by atoms with Gasteiger partial charge >= 0.3 is 11.6 Å². The van der Waals surface area contributed by atoms with Crippen LogP contribution in [0.4, 0.5) is 5.69 Å². The number of aromatic nitrogens is 1. The lowest BCUT2D eigenvalue weighted by atomic mass is 10.1. The van der Waals surface area contributed by atoms with Crippen molar-refractivity contribution >= 4 is 44.2 Å². The van der Waals surface area contributed by atoms with Crippen LogP contribution in [0.25, 0.3) is 21.2 Å². The third kappa shape index (κ3) is 3.42. The van der Waals surface area contributed by atoms with Crippen LogP contribution < -0.4 is 16.1 Å². The van der Waals surface area contributed by atoms with Gasteiger partial charge < -0.3 is 19.6 Å². The summed E-state index contributed by atoms with van der Waals surface area (Å²) in [5, 5.41) is 1.43. The van der Waals surface area contributed by atoms with Gasteiger partial charge in [-0.05, 0) is 37.6 Å². The highest BCUT2D eigenvalue weighted by molar-refractivity contribution is 7.21. The van der Waals surface area contributed by atoms with Crippen LogP contribution in [0.2, 0.25) is 0 Å². The number of nitrogen functional groups attached to an aromatic ring is 1. The van der Waals surface area contributed by atoms with Gasteiger partial charge in [-0.15, -0.1) is 11.3 Å². The standard InChI is InChI=1S/C21H18N2O5S/c1-10-6-11(2)23-20-17(10)18(22)19(29-20)21(25)27-9-12-7-16(24)28-15-8-13(26-3)4-5-14(12)15/h4-8H,9,22H2,1-3H3. The first-order valence-corrected chi connectivity index (χ1v) is 9.63. The molecular formula is C21H18N2O5S. The van der Waals surface area contributed by atoms with Crippen LogP contribution in [-0.2, 0) is 11.3 Å². The highest BCUT2D eigenvalue weighted by atomic mass is 32.1. The summed E-state index contributed by atoms with van der Waals surface area (Å²) in [5.41, 5.74) is 8.74. The zero-order chi connectivity index (χ0) is 20.7. The van der Waals surface area contributed by atoms with Gasteiger partial charge in [-0.2, -0.15) is 0 Å². The third-order valence-corrected chi connectivity index (χ3v) is 5.69. The maximum absolute atomic E-state index is 12.7. The van der Waals surface area contributed by atoms with Crippen LogP contribution >= 0.6 is 11.3 Å². The first-order valence-electron chi connectivity index (χ1n) is 8.81. The molecule has 8 heteroatoms. The molecule has 29 heavy (non-hydrogen) atoms. The Balaban J connectivity index is 1.65. The van der Waals surface area contributed by atoms with Crippen LogP contribution in [0.5, 0.6) is 5.75 Å². The minimum atomic E-state index is -0.558. The summed E-state index contributed by atoms with van der Waals surface area (Å²) in [7, 11) is 1.53. The number of aryl methyl sites for hydroxylation is 2. The van der Waals surface area contributed by atoms with E-state index in [1.807, 2.05) is 19.9 Å². The van der Waals surface area contributed by atoms with Crippen molar-refractivity contribution in [2.24, 2.45) is 0 Å². The van der Waals surface area contributed by atoms with Crippen molar-refractivity contribution in [1.82, 2.24) is 4.98 Å². The number of rotatable bonds is 4. The lowest BCUT2D eigenvalue weighted by molar-refractivity contribution is 0.0481. The summed E-state index contributed by atoms with van der Waals surface area (Å²) < 4.78 is 15.8. The van der Waals surface area contributed by atoms with E-state index in [-0.39, 0.29) is 6.61 Å². The molecule has 0 fully saturated rings. The van der Waals surface area contributed by atoms with Gasteiger partial charge in [0.2, 0.25) is 0 Å². The Morgan fingerprint density at radius 1 is 1.24 bits per heavy atom. The normalized spacial score (nSPS) is 11.1. The van der Waals surface area contributed by atoms with E-state index in [1.165, 1.54) is 24.5 Å². The molecule has 0 atom stereocenters. The van der Waals surface area contributed by atoms with Crippen molar-refractivity contribution in [2.75, 3.05) is 12.8 Å². The molecule has 0 bridgehead atoms. The lowest BCUT2D eigenvalue weighted by Gasteiger charge is -2.08. The van der Waals surface area contributed by atoms with E-state index in [1.54, 1.807) is 18.2 Å². The average Bonchev–Trinajstić information content (AvgIpc) is 3.01. The van der Waals surface area contributed by atoms with Gasteiger partial charge in [0, 0.05) is 34.2 Å². The number of carbonyl (C=O) groups excluding carboxylic acids is 1. The van der Waals surface area contributed by atoms with E-state index in [4.69, 9.17) is 19.6 Å². The van der Waals surface area contributed by atoms with E-state index < -0.39 is 11.6 Å². The number of anilines is 1. The smallest absolute Gasteiger partial charge is 0.350 e. The van der Waals surface area contributed by atoms with Gasteiger partial charge in [0.25, 0.3) is 0 Å². The topological polar surface area (TPSA) is 105 Å². The summed E-state index contributed by atoms with van der Waals surface area (Å²) in [6, 6.07) is 8.34. The molecule has 0 spiro atoms. The van der Waals surface area contributed by atoms with E-state index in [0.29, 0.717) is 37.7 Å². The number of ether oxygens (including phenoxy) is 2. The van der Waals surface area contributed by atoms with Crippen molar-refractivity contribution in [3.63, 3.8) is 0 Å². The van der Waals surface area contributed by atoms with Gasteiger partial charge in [0.15, 0.2) is 0 Å². The Bertz CT molecular complexity index is 1320. The second-order valence-electron chi connectivity index (χ2n) is 6.63. The Morgan fingerprint density at radius 2 is 2.03 bits per heavy atom. The Labute approximate surface area is 169 Å². The molecule has 0 aliphatic rings. The first-order chi connectivity index (χ1) is 13.9. The molecule has 0 amide bonds. The number of fused-ring (bicyclic) bond motifs is 2. The minimum Gasteiger partial charge on any atom is -0.497 e. The summed E-state index contributed by atoms with van der Waals surface area (Å²) in [4.78, 5) is 30.0. The van der Waals surface area contributed by atoms with Crippen molar-refractivity contribution in [2.45, 2.75) is 20.5 Å². The monoisotopic (exact) mass is 410 g/mol. The highest BCUT2D eigenvalue weighted by Gasteiger charge is 2.20. The molecule has 0 unspecified atom stereocenters. The van der Waals surface area contributed by atoms with Crippen molar-refractivity contribution in [3.05, 3.63) is 62.4 Å². The Kier molecular flexibility index (Phi) is 4.71. The van der Waals surface area contributed by atoms with Crippen LogP contribution in [0.3, 0.4) is 0 Å². The van der Waals surface area contributed by atoms with E-state index in [0.717, 1.165) is 16.6 Å². The maximum atomic E-state index is 12.7. The third-order valence-electron chi connectivity index (χ3n) is 4.61. The van der Waals surface area contributed by atoms with Crippen LogP contribution in [0, 0.1) is 13.8 Å². The molecule has 0 aliphatic carbocycles. The number of thiophene rings is 1. The number of hydrogen-bond acceptors (Lipinski definition) is 8. The Hall–Kier alpha value is -3.39. The average molecular weight is 410 g/mol. The summed E-state index contributed by atoms with van der Waals surface area (Å²) in [6.07, 6.45) is 0. The number of pyridine rings is 1. The second kappa shape index (κ2) is 7.21. The fourth-order valence-corrected chi connectivity index (χ4v) is 4.40. The maximum Gasteiger partial charge on any atom is 0.350 e. The van der Waals surface area contributed by atoms with Gasteiger partial charge in [-0.1, -0.05) is 0 Å². The molecule has 148 valence electrons. The second-order valence-corrected chi connectivity index (χ2v) is 7.63. The van der Waals surface area contributed by atoms with Crippen molar-refractivity contribution < 1.29 is 18.7 Å². The quantitative estimate of drug-likeness (QED) is 0.401. The molecule has 1 aromatic carbocycles. The molecule has 3 heterocycles. The number of methoxy groups -OCH3 is 1. The van der Waals surface area contributed by atoms with Gasteiger partial charge in [-0.3, -0.25) is 0 Å². The zero-order valence-electron chi connectivity index (χ0n) is 16.1. The van der Waals surface area contributed by atoms with Crippen molar-refractivity contribution in [3.8, 4) is 5.75 Å². The molecule has 7 nitrogen and oxygen atoms in total. The molecule has 4 rings (SSSR count). The van der Waals surface area contributed by atoms with E-state index in [2.05, 4.69) is 4.98 Å². The molecule has 0 saturated carbocycles. The van der Waals surface area contributed by atoms with Gasteiger partial charge in [0.1, 0.15) is 27.6 Å². The summed E-state index contributed by atoms with van der Waals surface area (Å²) in [5.74, 6) is 0.00321. The predicted molar refractivity (Wildman–Crippen MR) is 112 cm³/mol. The van der Waals surface area contributed by atoms with Gasteiger partial charge in [0.05, 0.1) is 12.8 Å². The fraction of sp³-hybridized carbons (Fsp3) is 0.190. The van der Waals surface area contributed by atoms with Crippen LogP contribution in [0.1, 0.15) is 26.5 Å². The number of benzene rings is 1. The van der Waals surface area contributed by atoms with Crippen LogP contribution in [0.15, 0.2) is 39.5 Å². The number of nitrogens with two attached hydrogens (primary N) is 1. The highest BCUT2D eigenvalue weighted by Crippen LogP contribution is 2.35. The molecular weight excluding hydrogens is 392 g/mol. The SMILES string of the molecule is COc1ccc2c(COC(=O)c3sc4nc(C)cc(C)c4c3N)cc(=O)oc2c1. The van der Waals surface area contributed by atoms with E-state index in [9.17, 15) is 9.59 Å². The summed E-state index contributed by atoms with van der Waals surface area (Å²) >= 11 is 1.20. The minimum absolute atomic E-state index is 0.0909. The molecule has 0 aliphatic heterocycles. The number of nitrogens with zero attached hydrogens (tertiary/aromatic N) is 1. The van der Waals surface area contributed by atoms with Crippen molar-refractivity contribution in [1.29, 1.82) is 0 Å². The largest absolute Gasteiger partial charge is 0.497 e. The van der Waals surface area contributed by atoms with E-state index >= 15 is 0 Å². The predicted octanol–water partition coefficient (Wildman–Crippen LogP) is 3.97. The first kappa shape index (κ1) is 18.9. The molecule has 0 saturated heterocycles. The molecule has 0 radical (unpaired) electrons. The fourth-order valence-electron chi connectivity index (χ4n) is 3.29. The zero-order valence-corrected chi connectivity index (χ0v) is 16.9. The number of esters is 1. The molecule has 3 aromatic heterocycles. The Morgan fingerprint density at radius 3 is 2.79 bits per heavy atom. The number of hydrogen-bond donors (Lipinski definition) is 1. The lowest BCUT2D eigenvalue weighted by Crippen LogP contribution is -2.08. The van der Waals surface area contributed by atoms with Crippen LogP contribution in [-0.4, -0.2) is 18.1 Å². The number of carbonyl (C=O) groups is 1. The molecule has 4 aromatic rings. The van der Waals surface area contributed by atoms with Gasteiger partial charge in [-0.25, -0.2) is 14.6 Å². The summed E-state index contributed by atoms with van der Waals surface area (Å²) in [6.45, 7) is 3.73.